The fourth-order valence-corrected chi connectivity index (χ4v) is 1.57. The Morgan fingerprint density at radius 1 is 1.53 bits per heavy atom. The highest BCUT2D eigenvalue weighted by Crippen LogP contribution is 2.20. The zero-order valence-electron chi connectivity index (χ0n) is 11.0. The second-order valence-corrected chi connectivity index (χ2v) is 5.16. The molecule has 0 unspecified atom stereocenters. The Labute approximate surface area is 123 Å². The molecule has 0 atom stereocenters. The Morgan fingerprint density at radius 2 is 2.21 bits per heavy atom. The number of rotatable bonds is 6. The molecule has 0 spiro atoms. The summed E-state index contributed by atoms with van der Waals surface area (Å²) in [4.78, 5) is 13.7. The van der Waals surface area contributed by atoms with Crippen LogP contribution in [-0.2, 0) is 4.79 Å². The molecule has 0 fully saturated rings. The molecule has 0 radical (unpaired) electrons. The Hall–Kier alpha value is -1.33. The third-order valence-corrected chi connectivity index (χ3v) is 3.24. The number of benzene rings is 1. The predicted octanol–water partition coefficient (Wildman–Crippen LogP) is 2.16. The summed E-state index contributed by atoms with van der Waals surface area (Å²) in [5.74, 6) is 0.502. The van der Waals surface area contributed by atoms with Gasteiger partial charge in [-0.3, -0.25) is 4.79 Å². The molecule has 0 aromatic heterocycles. The minimum absolute atomic E-state index is 0.0189. The summed E-state index contributed by atoms with van der Waals surface area (Å²) < 4.78 is 5.42. The van der Waals surface area contributed by atoms with E-state index in [0.29, 0.717) is 28.7 Å². The number of likely N-dealkylation sites (N-methyl/N-ethyl adjacent to an activating group) is 1. The number of amides is 1. The van der Waals surface area contributed by atoms with Crippen molar-refractivity contribution in [3.8, 4) is 5.75 Å². The molecule has 104 valence electrons. The Bertz CT molecular complexity index is 480. The Morgan fingerprint density at radius 3 is 2.79 bits per heavy atom. The quantitative estimate of drug-likeness (QED) is 0.818. The smallest absolute Gasteiger partial charge is 0.260 e. The van der Waals surface area contributed by atoms with E-state index in [-0.39, 0.29) is 12.5 Å². The third kappa shape index (κ3) is 5.44. The van der Waals surface area contributed by atoms with Gasteiger partial charge in [0.1, 0.15) is 5.75 Å². The zero-order valence-corrected chi connectivity index (χ0v) is 12.6. The summed E-state index contributed by atoms with van der Waals surface area (Å²) in [6.45, 7) is 2.36. The van der Waals surface area contributed by atoms with Gasteiger partial charge in [0.15, 0.2) is 6.61 Å². The predicted molar refractivity (Wildman–Crippen MR) is 80.7 cm³/mol. The van der Waals surface area contributed by atoms with E-state index >= 15 is 0 Å². The first-order chi connectivity index (χ1) is 8.90. The van der Waals surface area contributed by atoms with E-state index in [2.05, 4.69) is 0 Å². The van der Waals surface area contributed by atoms with Crippen LogP contribution in [-0.4, -0.2) is 36.0 Å². The van der Waals surface area contributed by atoms with E-state index in [1.54, 1.807) is 30.1 Å². The maximum atomic E-state index is 11.8. The second-order valence-electron chi connectivity index (χ2n) is 4.23. The van der Waals surface area contributed by atoms with Crippen molar-refractivity contribution < 1.29 is 9.53 Å². The molecule has 1 amide bonds. The lowest BCUT2D eigenvalue weighted by Gasteiger charge is -2.17. The molecule has 0 saturated carbocycles. The third-order valence-electron chi connectivity index (χ3n) is 2.61. The molecule has 0 aliphatic rings. The lowest BCUT2D eigenvalue weighted by molar-refractivity contribution is -0.131. The number of aryl methyl sites for hydroxylation is 1. The van der Waals surface area contributed by atoms with Crippen LogP contribution in [0.3, 0.4) is 0 Å². The van der Waals surface area contributed by atoms with Crippen LogP contribution < -0.4 is 10.5 Å². The van der Waals surface area contributed by atoms with Crippen LogP contribution in [0.25, 0.3) is 0 Å². The number of halogens is 1. The number of thiocarbonyl (C=S) groups is 1. The number of nitrogens with two attached hydrogens (primary N) is 1. The molecular formula is C13H17ClN2O2S. The van der Waals surface area contributed by atoms with Crippen LogP contribution in [0.2, 0.25) is 5.02 Å². The molecule has 0 bridgehead atoms. The summed E-state index contributed by atoms with van der Waals surface area (Å²) in [7, 11) is 1.69. The fourth-order valence-electron chi connectivity index (χ4n) is 1.36. The van der Waals surface area contributed by atoms with Gasteiger partial charge in [0.25, 0.3) is 5.91 Å². The highest BCUT2D eigenvalue weighted by atomic mass is 35.5. The van der Waals surface area contributed by atoms with Gasteiger partial charge in [-0.05, 0) is 30.7 Å². The molecule has 0 aliphatic heterocycles. The number of hydrogen-bond acceptors (Lipinski definition) is 3. The first-order valence-corrected chi connectivity index (χ1v) is 6.60. The average molecular weight is 301 g/mol. The normalized spacial score (nSPS) is 10.1. The molecule has 0 heterocycles. The van der Waals surface area contributed by atoms with Crippen molar-refractivity contribution in [1.29, 1.82) is 0 Å². The van der Waals surface area contributed by atoms with Crippen molar-refractivity contribution in [2.75, 3.05) is 20.2 Å². The monoisotopic (exact) mass is 300 g/mol. The summed E-state index contributed by atoms with van der Waals surface area (Å²) in [5.41, 5.74) is 6.30. The van der Waals surface area contributed by atoms with Crippen molar-refractivity contribution >= 4 is 34.7 Å². The van der Waals surface area contributed by atoms with Gasteiger partial charge in [-0.25, -0.2) is 0 Å². The van der Waals surface area contributed by atoms with Gasteiger partial charge in [0.2, 0.25) is 0 Å². The maximum Gasteiger partial charge on any atom is 0.260 e. The molecule has 2 N–H and O–H groups in total. The zero-order chi connectivity index (χ0) is 14.4. The standard InChI is InChI=1S/C13H17ClN2O2S/c1-9-7-10(3-4-11(9)14)18-8-13(17)16(2)6-5-12(15)19/h3-4,7H,5-6,8H2,1-2H3,(H2,15,19). The number of carbonyl (C=O) groups excluding carboxylic acids is 1. The number of hydrogen-bond donors (Lipinski definition) is 1. The molecule has 1 rings (SSSR count). The Kier molecular flexibility index (Phi) is 6.05. The molecule has 6 heteroatoms. The van der Waals surface area contributed by atoms with E-state index in [0.717, 1.165) is 5.56 Å². The van der Waals surface area contributed by atoms with Crippen molar-refractivity contribution in [2.45, 2.75) is 13.3 Å². The lowest BCUT2D eigenvalue weighted by Crippen LogP contribution is -2.33. The van der Waals surface area contributed by atoms with Gasteiger partial charge in [0.05, 0.1) is 4.99 Å². The van der Waals surface area contributed by atoms with Gasteiger partial charge in [0, 0.05) is 25.0 Å². The minimum Gasteiger partial charge on any atom is -0.484 e. The highest BCUT2D eigenvalue weighted by Gasteiger charge is 2.10. The Balaban J connectivity index is 2.44. The van der Waals surface area contributed by atoms with Crippen LogP contribution in [0, 0.1) is 6.92 Å². The van der Waals surface area contributed by atoms with Crippen molar-refractivity contribution in [3.05, 3.63) is 28.8 Å². The average Bonchev–Trinajstić information content (AvgIpc) is 2.36. The summed E-state index contributed by atoms with van der Waals surface area (Å²) in [5, 5.41) is 0.673. The van der Waals surface area contributed by atoms with Crippen LogP contribution in [0.5, 0.6) is 5.75 Å². The largest absolute Gasteiger partial charge is 0.484 e. The second kappa shape index (κ2) is 7.31. The van der Waals surface area contributed by atoms with Gasteiger partial charge < -0.3 is 15.4 Å². The summed E-state index contributed by atoms with van der Waals surface area (Å²) >= 11 is 10.7. The van der Waals surface area contributed by atoms with Crippen molar-refractivity contribution in [3.63, 3.8) is 0 Å². The number of ether oxygens (including phenoxy) is 1. The van der Waals surface area contributed by atoms with E-state index in [1.807, 2.05) is 6.92 Å². The number of carbonyl (C=O) groups is 1. The van der Waals surface area contributed by atoms with Crippen LogP contribution in [0.15, 0.2) is 18.2 Å². The number of nitrogens with zero attached hydrogens (tertiary/aromatic N) is 1. The summed E-state index contributed by atoms with van der Waals surface area (Å²) in [6, 6.07) is 5.27. The van der Waals surface area contributed by atoms with Gasteiger partial charge in [-0.1, -0.05) is 23.8 Å². The minimum atomic E-state index is -0.121. The molecule has 4 nitrogen and oxygen atoms in total. The van der Waals surface area contributed by atoms with E-state index in [4.69, 9.17) is 34.3 Å². The van der Waals surface area contributed by atoms with E-state index < -0.39 is 0 Å². The van der Waals surface area contributed by atoms with Gasteiger partial charge in [-0.15, -0.1) is 0 Å². The molecule has 1 aromatic rings. The summed E-state index contributed by atoms with van der Waals surface area (Å²) in [6.07, 6.45) is 0.512. The lowest BCUT2D eigenvalue weighted by atomic mass is 10.2. The van der Waals surface area contributed by atoms with Crippen LogP contribution in [0.4, 0.5) is 0 Å². The van der Waals surface area contributed by atoms with E-state index in [9.17, 15) is 4.79 Å². The molecule has 0 saturated heterocycles. The topological polar surface area (TPSA) is 55.6 Å². The fraction of sp³-hybridized carbons (Fsp3) is 0.385. The van der Waals surface area contributed by atoms with Crippen LogP contribution >= 0.6 is 23.8 Å². The molecular weight excluding hydrogens is 284 g/mol. The molecule has 19 heavy (non-hydrogen) atoms. The highest BCUT2D eigenvalue weighted by molar-refractivity contribution is 7.80. The maximum absolute atomic E-state index is 11.8. The van der Waals surface area contributed by atoms with Gasteiger partial charge >= 0.3 is 0 Å². The first-order valence-electron chi connectivity index (χ1n) is 5.81. The first kappa shape index (κ1) is 15.7. The SMILES string of the molecule is Cc1cc(OCC(=O)N(C)CCC(N)=S)ccc1Cl. The van der Waals surface area contributed by atoms with Crippen molar-refractivity contribution in [2.24, 2.45) is 5.73 Å². The van der Waals surface area contributed by atoms with Crippen molar-refractivity contribution in [1.82, 2.24) is 4.90 Å². The molecule has 0 aliphatic carbocycles. The van der Waals surface area contributed by atoms with Crippen LogP contribution in [0.1, 0.15) is 12.0 Å². The van der Waals surface area contributed by atoms with Gasteiger partial charge in [-0.2, -0.15) is 0 Å². The van der Waals surface area contributed by atoms with E-state index in [1.165, 1.54) is 0 Å². The molecule has 1 aromatic carbocycles.